The molecule has 1 N–H and O–H groups in total. The van der Waals surface area contributed by atoms with Crippen LogP contribution in [0.1, 0.15) is 20.8 Å². The molecule has 0 spiro atoms. The van der Waals surface area contributed by atoms with E-state index in [-0.39, 0.29) is 11.2 Å². The fourth-order valence-electron chi connectivity index (χ4n) is 1.99. The Morgan fingerprint density at radius 3 is 2.62 bits per heavy atom. The molecule has 0 unspecified atom stereocenters. The zero-order chi connectivity index (χ0) is 15.2. The van der Waals surface area contributed by atoms with Gasteiger partial charge in [0.15, 0.2) is 11.0 Å². The summed E-state index contributed by atoms with van der Waals surface area (Å²) in [6, 6.07) is 9.96. The van der Waals surface area contributed by atoms with Crippen molar-refractivity contribution in [1.82, 2.24) is 20.1 Å². The number of hydrogen-bond acceptors (Lipinski definition) is 4. The van der Waals surface area contributed by atoms with Gasteiger partial charge >= 0.3 is 0 Å². The molecule has 1 aromatic carbocycles. The summed E-state index contributed by atoms with van der Waals surface area (Å²) >= 11 is 1.44. The monoisotopic (exact) mass is 304 g/mol. The standard InChI is InChI=1S/C15H20N4OS/c1-4-16-14(20)11(3)21-15-18-17-13(19(15)5-2)12-9-7-6-8-10-12/h6-11H,4-5H2,1-3H3,(H,16,20)/t11-/m1/s1. The lowest BCUT2D eigenvalue weighted by atomic mass is 10.2. The average Bonchev–Trinajstić information content (AvgIpc) is 2.91. The third kappa shape index (κ3) is 3.64. The van der Waals surface area contributed by atoms with Crippen LogP contribution in [-0.2, 0) is 11.3 Å². The van der Waals surface area contributed by atoms with E-state index in [1.165, 1.54) is 11.8 Å². The highest BCUT2D eigenvalue weighted by atomic mass is 32.2. The summed E-state index contributed by atoms with van der Waals surface area (Å²) in [5, 5.41) is 11.9. The molecule has 0 saturated carbocycles. The quantitative estimate of drug-likeness (QED) is 0.833. The molecule has 0 bridgehead atoms. The maximum absolute atomic E-state index is 11.8. The summed E-state index contributed by atoms with van der Waals surface area (Å²) in [6.07, 6.45) is 0. The van der Waals surface area contributed by atoms with Gasteiger partial charge in [0.1, 0.15) is 0 Å². The van der Waals surface area contributed by atoms with Gasteiger partial charge in [-0.15, -0.1) is 10.2 Å². The van der Waals surface area contributed by atoms with Gasteiger partial charge in [-0.05, 0) is 20.8 Å². The number of rotatable bonds is 6. The SMILES string of the molecule is CCNC(=O)[C@@H](C)Sc1nnc(-c2ccccc2)n1CC. The van der Waals surface area contributed by atoms with E-state index in [0.717, 1.165) is 23.1 Å². The lowest BCUT2D eigenvalue weighted by Crippen LogP contribution is -2.30. The number of carbonyl (C=O) groups excluding carboxylic acids is 1. The lowest BCUT2D eigenvalue weighted by molar-refractivity contribution is -0.120. The molecule has 0 fully saturated rings. The highest BCUT2D eigenvalue weighted by Gasteiger charge is 2.19. The molecule has 2 aromatic rings. The highest BCUT2D eigenvalue weighted by molar-refractivity contribution is 8.00. The van der Waals surface area contributed by atoms with Crippen molar-refractivity contribution in [3.8, 4) is 11.4 Å². The van der Waals surface area contributed by atoms with Crippen molar-refractivity contribution in [2.24, 2.45) is 0 Å². The second-order valence-electron chi connectivity index (χ2n) is 4.57. The molecule has 0 saturated heterocycles. The van der Waals surface area contributed by atoms with E-state index in [9.17, 15) is 4.79 Å². The summed E-state index contributed by atoms with van der Waals surface area (Å²) in [4.78, 5) is 11.8. The number of aromatic nitrogens is 3. The molecule has 0 radical (unpaired) electrons. The van der Waals surface area contributed by atoms with Gasteiger partial charge < -0.3 is 9.88 Å². The normalized spacial score (nSPS) is 12.1. The van der Waals surface area contributed by atoms with Crippen molar-refractivity contribution in [2.75, 3.05) is 6.54 Å². The van der Waals surface area contributed by atoms with Crippen molar-refractivity contribution in [3.05, 3.63) is 30.3 Å². The largest absolute Gasteiger partial charge is 0.355 e. The van der Waals surface area contributed by atoms with E-state index in [1.807, 2.05) is 48.7 Å². The molecule has 6 heteroatoms. The van der Waals surface area contributed by atoms with Gasteiger partial charge in [0.2, 0.25) is 5.91 Å². The molecule has 1 amide bonds. The first-order valence-corrected chi connectivity index (χ1v) is 7.98. The second kappa shape index (κ2) is 7.26. The Labute approximate surface area is 129 Å². The van der Waals surface area contributed by atoms with Crippen molar-refractivity contribution in [1.29, 1.82) is 0 Å². The van der Waals surface area contributed by atoms with Crippen LogP contribution in [0, 0.1) is 0 Å². The molecule has 0 aliphatic carbocycles. The molecule has 1 atom stereocenters. The third-order valence-electron chi connectivity index (χ3n) is 3.07. The Kier molecular flexibility index (Phi) is 5.38. The number of amides is 1. The molecule has 5 nitrogen and oxygen atoms in total. The van der Waals surface area contributed by atoms with Crippen LogP contribution in [0.15, 0.2) is 35.5 Å². The first-order chi connectivity index (χ1) is 10.2. The Balaban J connectivity index is 2.22. The Morgan fingerprint density at radius 2 is 2.00 bits per heavy atom. The zero-order valence-corrected chi connectivity index (χ0v) is 13.4. The first kappa shape index (κ1) is 15.6. The Bertz CT molecular complexity index is 597. The molecule has 1 aromatic heterocycles. The molecule has 0 aliphatic heterocycles. The molecule has 21 heavy (non-hydrogen) atoms. The third-order valence-corrected chi connectivity index (χ3v) is 4.15. The number of nitrogens with one attached hydrogen (secondary N) is 1. The maximum atomic E-state index is 11.8. The van der Waals surface area contributed by atoms with E-state index < -0.39 is 0 Å². The van der Waals surface area contributed by atoms with Crippen LogP contribution in [0.4, 0.5) is 0 Å². The van der Waals surface area contributed by atoms with Crippen LogP contribution >= 0.6 is 11.8 Å². The molecular weight excluding hydrogens is 284 g/mol. The fraction of sp³-hybridized carbons (Fsp3) is 0.400. The number of nitrogens with zero attached hydrogens (tertiary/aromatic N) is 3. The highest BCUT2D eigenvalue weighted by Crippen LogP contribution is 2.26. The van der Waals surface area contributed by atoms with E-state index >= 15 is 0 Å². The minimum absolute atomic E-state index is 0.0226. The number of benzene rings is 1. The number of thioether (sulfide) groups is 1. The number of carbonyl (C=O) groups is 1. The van der Waals surface area contributed by atoms with E-state index in [1.54, 1.807) is 0 Å². The minimum atomic E-state index is -0.192. The average molecular weight is 304 g/mol. The topological polar surface area (TPSA) is 59.8 Å². The molecule has 2 rings (SSSR count). The van der Waals surface area contributed by atoms with Crippen molar-refractivity contribution >= 4 is 17.7 Å². The van der Waals surface area contributed by atoms with Crippen LogP contribution in [0.5, 0.6) is 0 Å². The Morgan fingerprint density at radius 1 is 1.29 bits per heavy atom. The maximum Gasteiger partial charge on any atom is 0.233 e. The summed E-state index contributed by atoms with van der Waals surface area (Å²) < 4.78 is 2.04. The van der Waals surface area contributed by atoms with Crippen molar-refractivity contribution in [3.63, 3.8) is 0 Å². The summed E-state index contributed by atoms with van der Waals surface area (Å²) in [6.45, 7) is 7.25. The van der Waals surface area contributed by atoms with Crippen LogP contribution < -0.4 is 5.32 Å². The summed E-state index contributed by atoms with van der Waals surface area (Å²) in [5.41, 5.74) is 1.03. The summed E-state index contributed by atoms with van der Waals surface area (Å²) in [7, 11) is 0. The van der Waals surface area contributed by atoms with Gasteiger partial charge in [-0.2, -0.15) is 0 Å². The van der Waals surface area contributed by atoms with Crippen molar-refractivity contribution < 1.29 is 4.79 Å². The van der Waals surface area contributed by atoms with Gasteiger partial charge in [-0.25, -0.2) is 0 Å². The minimum Gasteiger partial charge on any atom is -0.355 e. The zero-order valence-electron chi connectivity index (χ0n) is 12.5. The molecular formula is C15H20N4OS. The van der Waals surface area contributed by atoms with Gasteiger partial charge in [-0.3, -0.25) is 4.79 Å². The second-order valence-corrected chi connectivity index (χ2v) is 5.88. The molecule has 112 valence electrons. The van der Waals surface area contributed by atoms with Crippen LogP contribution in [0.2, 0.25) is 0 Å². The van der Waals surface area contributed by atoms with Crippen LogP contribution in [-0.4, -0.2) is 32.5 Å². The van der Waals surface area contributed by atoms with E-state index in [2.05, 4.69) is 22.4 Å². The smallest absolute Gasteiger partial charge is 0.233 e. The predicted molar refractivity (Wildman–Crippen MR) is 85.1 cm³/mol. The number of hydrogen-bond donors (Lipinski definition) is 1. The van der Waals surface area contributed by atoms with Gasteiger partial charge in [0, 0.05) is 18.7 Å². The van der Waals surface area contributed by atoms with Gasteiger partial charge in [0.25, 0.3) is 0 Å². The van der Waals surface area contributed by atoms with Crippen molar-refractivity contribution in [2.45, 2.75) is 37.7 Å². The Hall–Kier alpha value is -1.82. The van der Waals surface area contributed by atoms with Gasteiger partial charge in [0.05, 0.1) is 5.25 Å². The van der Waals surface area contributed by atoms with Gasteiger partial charge in [-0.1, -0.05) is 42.1 Å². The molecule has 1 heterocycles. The first-order valence-electron chi connectivity index (χ1n) is 7.10. The van der Waals surface area contributed by atoms with Crippen LogP contribution in [0.25, 0.3) is 11.4 Å². The van der Waals surface area contributed by atoms with E-state index in [0.29, 0.717) is 6.54 Å². The summed E-state index contributed by atoms with van der Waals surface area (Å²) in [5.74, 6) is 0.859. The van der Waals surface area contributed by atoms with E-state index in [4.69, 9.17) is 0 Å². The van der Waals surface area contributed by atoms with Crippen LogP contribution in [0.3, 0.4) is 0 Å². The fourth-order valence-corrected chi connectivity index (χ4v) is 2.93. The lowest BCUT2D eigenvalue weighted by Gasteiger charge is -2.11. The predicted octanol–water partition coefficient (Wildman–Crippen LogP) is 2.58. The molecule has 0 aliphatic rings.